The molecule has 1 aliphatic heterocycles. The van der Waals surface area contributed by atoms with Crippen molar-refractivity contribution in [3.8, 4) is 0 Å². The molecule has 1 fully saturated rings. The third-order valence-electron chi connectivity index (χ3n) is 2.94. The summed E-state index contributed by atoms with van der Waals surface area (Å²) in [6.45, 7) is 7.74. The Bertz CT molecular complexity index is 145. The second-order valence-electron chi connectivity index (χ2n) is 4.48. The summed E-state index contributed by atoms with van der Waals surface area (Å²) in [4.78, 5) is 2.38. The molecule has 0 aromatic rings. The first kappa shape index (κ1) is 12.9. The normalized spacial score (nSPS) is 19.6. The monoisotopic (exact) mass is 214 g/mol. The van der Waals surface area contributed by atoms with Crippen LogP contribution < -0.4 is 5.32 Å². The molecule has 0 unspecified atom stereocenters. The van der Waals surface area contributed by atoms with Crippen molar-refractivity contribution in [3.63, 3.8) is 0 Å². The molecule has 1 rings (SSSR count). The van der Waals surface area contributed by atoms with Crippen LogP contribution >= 0.6 is 0 Å². The van der Waals surface area contributed by atoms with E-state index in [2.05, 4.69) is 24.2 Å². The third kappa shape index (κ3) is 6.13. The van der Waals surface area contributed by atoms with E-state index in [-0.39, 0.29) is 0 Å². The van der Waals surface area contributed by atoms with Gasteiger partial charge in [-0.05, 0) is 45.8 Å². The first-order valence-electron chi connectivity index (χ1n) is 6.33. The van der Waals surface area contributed by atoms with E-state index in [4.69, 9.17) is 4.74 Å². The minimum absolute atomic E-state index is 0.521. The number of nitrogens with one attached hydrogen (secondary N) is 1. The van der Waals surface area contributed by atoms with Gasteiger partial charge in [0.1, 0.15) is 0 Å². The van der Waals surface area contributed by atoms with Crippen molar-refractivity contribution in [2.24, 2.45) is 0 Å². The molecule has 1 N–H and O–H groups in total. The summed E-state index contributed by atoms with van der Waals surface area (Å²) in [5, 5.41) is 3.39. The van der Waals surface area contributed by atoms with Gasteiger partial charge < -0.3 is 15.0 Å². The lowest BCUT2D eigenvalue weighted by Crippen LogP contribution is -2.34. The highest BCUT2D eigenvalue weighted by molar-refractivity contribution is 4.69. The number of hydrogen-bond donors (Lipinski definition) is 1. The van der Waals surface area contributed by atoms with Crippen LogP contribution in [0.25, 0.3) is 0 Å². The molecule has 15 heavy (non-hydrogen) atoms. The van der Waals surface area contributed by atoms with E-state index in [0.29, 0.717) is 6.10 Å². The van der Waals surface area contributed by atoms with Crippen molar-refractivity contribution >= 4 is 0 Å². The Morgan fingerprint density at radius 1 is 1.27 bits per heavy atom. The maximum absolute atomic E-state index is 5.84. The summed E-state index contributed by atoms with van der Waals surface area (Å²) in [5.74, 6) is 0. The molecule has 0 aliphatic carbocycles. The fourth-order valence-electron chi connectivity index (χ4n) is 1.90. The van der Waals surface area contributed by atoms with Crippen LogP contribution in [-0.4, -0.2) is 50.8 Å². The lowest BCUT2D eigenvalue weighted by molar-refractivity contribution is 0.0116. The maximum atomic E-state index is 5.84. The predicted molar refractivity (Wildman–Crippen MR) is 64.2 cm³/mol. The van der Waals surface area contributed by atoms with Gasteiger partial charge in [-0.25, -0.2) is 0 Å². The summed E-state index contributed by atoms with van der Waals surface area (Å²) in [7, 11) is 2.19. The van der Waals surface area contributed by atoms with Gasteiger partial charge in [0.15, 0.2) is 0 Å². The van der Waals surface area contributed by atoms with E-state index in [0.717, 1.165) is 26.1 Å². The second kappa shape index (κ2) is 8.08. The SMILES string of the molecule is CCCNCCCOC1CCN(C)CC1. The quantitative estimate of drug-likeness (QED) is 0.650. The Balaban J connectivity index is 1.87. The van der Waals surface area contributed by atoms with Crippen molar-refractivity contribution in [1.82, 2.24) is 10.2 Å². The molecule has 0 atom stereocenters. The fraction of sp³-hybridized carbons (Fsp3) is 1.00. The molecular weight excluding hydrogens is 188 g/mol. The maximum Gasteiger partial charge on any atom is 0.0599 e. The van der Waals surface area contributed by atoms with E-state index in [1.807, 2.05) is 0 Å². The van der Waals surface area contributed by atoms with E-state index in [1.165, 1.54) is 32.4 Å². The van der Waals surface area contributed by atoms with Crippen molar-refractivity contribution in [1.29, 1.82) is 0 Å². The molecule has 0 aromatic heterocycles. The predicted octanol–water partition coefficient (Wildman–Crippen LogP) is 1.49. The number of hydrogen-bond acceptors (Lipinski definition) is 3. The molecule has 0 bridgehead atoms. The first-order valence-corrected chi connectivity index (χ1v) is 6.33. The lowest BCUT2D eigenvalue weighted by Gasteiger charge is -2.28. The number of ether oxygens (including phenoxy) is 1. The Morgan fingerprint density at radius 3 is 2.67 bits per heavy atom. The van der Waals surface area contributed by atoms with Crippen LogP contribution in [0.3, 0.4) is 0 Å². The Labute approximate surface area is 94.2 Å². The number of piperidine rings is 1. The van der Waals surface area contributed by atoms with Crippen LogP contribution in [0.5, 0.6) is 0 Å². The molecule has 0 radical (unpaired) electrons. The van der Waals surface area contributed by atoms with Gasteiger partial charge in [0.2, 0.25) is 0 Å². The molecular formula is C12H26N2O. The lowest BCUT2D eigenvalue weighted by atomic mass is 10.1. The molecule has 3 nitrogen and oxygen atoms in total. The summed E-state index contributed by atoms with van der Waals surface area (Å²) in [6.07, 6.45) is 5.30. The van der Waals surface area contributed by atoms with Gasteiger partial charge in [-0.15, -0.1) is 0 Å². The number of rotatable bonds is 7. The minimum Gasteiger partial charge on any atom is -0.378 e. The minimum atomic E-state index is 0.521. The van der Waals surface area contributed by atoms with Gasteiger partial charge in [-0.2, -0.15) is 0 Å². The molecule has 0 saturated carbocycles. The van der Waals surface area contributed by atoms with Crippen LogP contribution in [-0.2, 0) is 4.74 Å². The molecule has 1 saturated heterocycles. The summed E-state index contributed by atoms with van der Waals surface area (Å²) >= 11 is 0. The Morgan fingerprint density at radius 2 is 2.00 bits per heavy atom. The fourth-order valence-corrected chi connectivity index (χ4v) is 1.90. The topological polar surface area (TPSA) is 24.5 Å². The van der Waals surface area contributed by atoms with Crippen LogP contribution in [0.4, 0.5) is 0 Å². The van der Waals surface area contributed by atoms with E-state index >= 15 is 0 Å². The van der Waals surface area contributed by atoms with Gasteiger partial charge >= 0.3 is 0 Å². The molecule has 90 valence electrons. The van der Waals surface area contributed by atoms with E-state index in [9.17, 15) is 0 Å². The number of nitrogens with zero attached hydrogens (tertiary/aromatic N) is 1. The van der Waals surface area contributed by atoms with E-state index < -0.39 is 0 Å². The van der Waals surface area contributed by atoms with E-state index in [1.54, 1.807) is 0 Å². The summed E-state index contributed by atoms with van der Waals surface area (Å²) < 4.78 is 5.84. The average Bonchev–Trinajstić information content (AvgIpc) is 2.26. The highest BCUT2D eigenvalue weighted by atomic mass is 16.5. The van der Waals surface area contributed by atoms with Gasteiger partial charge in [-0.1, -0.05) is 6.92 Å². The van der Waals surface area contributed by atoms with Crippen LogP contribution in [0.2, 0.25) is 0 Å². The van der Waals surface area contributed by atoms with Crippen LogP contribution in [0.1, 0.15) is 32.6 Å². The van der Waals surface area contributed by atoms with Gasteiger partial charge in [0.05, 0.1) is 6.10 Å². The van der Waals surface area contributed by atoms with Gasteiger partial charge in [0, 0.05) is 19.7 Å². The molecule has 0 spiro atoms. The molecule has 0 aromatic carbocycles. The second-order valence-corrected chi connectivity index (χ2v) is 4.48. The summed E-state index contributed by atoms with van der Waals surface area (Å²) in [6, 6.07) is 0. The molecule has 1 aliphatic rings. The zero-order valence-corrected chi connectivity index (χ0v) is 10.3. The van der Waals surface area contributed by atoms with Crippen LogP contribution in [0.15, 0.2) is 0 Å². The van der Waals surface area contributed by atoms with Crippen molar-refractivity contribution < 1.29 is 4.74 Å². The zero-order chi connectivity index (χ0) is 10.9. The average molecular weight is 214 g/mol. The van der Waals surface area contributed by atoms with Crippen molar-refractivity contribution in [3.05, 3.63) is 0 Å². The first-order chi connectivity index (χ1) is 7.33. The highest BCUT2D eigenvalue weighted by Gasteiger charge is 2.16. The highest BCUT2D eigenvalue weighted by Crippen LogP contribution is 2.11. The van der Waals surface area contributed by atoms with Gasteiger partial charge in [0.25, 0.3) is 0 Å². The Hall–Kier alpha value is -0.120. The molecule has 3 heteroatoms. The van der Waals surface area contributed by atoms with Crippen LogP contribution in [0, 0.1) is 0 Å². The smallest absolute Gasteiger partial charge is 0.0599 e. The van der Waals surface area contributed by atoms with Gasteiger partial charge in [-0.3, -0.25) is 0 Å². The number of likely N-dealkylation sites (tertiary alicyclic amines) is 1. The molecule has 0 amide bonds. The third-order valence-corrected chi connectivity index (χ3v) is 2.94. The molecule has 1 heterocycles. The van der Waals surface area contributed by atoms with Crippen molar-refractivity contribution in [2.45, 2.75) is 38.7 Å². The largest absolute Gasteiger partial charge is 0.378 e. The standard InChI is InChI=1S/C12H26N2O/c1-3-7-13-8-4-11-15-12-5-9-14(2)10-6-12/h12-13H,3-11H2,1-2H3. The zero-order valence-electron chi connectivity index (χ0n) is 10.3. The Kier molecular flexibility index (Phi) is 6.98. The summed E-state index contributed by atoms with van der Waals surface area (Å²) in [5.41, 5.74) is 0. The van der Waals surface area contributed by atoms with Crippen molar-refractivity contribution in [2.75, 3.05) is 39.8 Å².